The third-order valence-electron chi connectivity index (χ3n) is 3.24. The van der Waals surface area contributed by atoms with Gasteiger partial charge in [0.1, 0.15) is 0 Å². The first-order valence-electron chi connectivity index (χ1n) is 6.65. The first-order chi connectivity index (χ1) is 8.29. The van der Waals surface area contributed by atoms with E-state index in [9.17, 15) is 5.11 Å². The number of aliphatic hydroxyl groups excluding tert-OH is 1. The molecule has 0 saturated carbocycles. The van der Waals surface area contributed by atoms with Gasteiger partial charge in [0.15, 0.2) is 0 Å². The molecule has 2 unspecified atom stereocenters. The summed E-state index contributed by atoms with van der Waals surface area (Å²) in [5.74, 6) is 0.175. The van der Waals surface area contributed by atoms with Crippen LogP contribution in [0.5, 0.6) is 0 Å². The molecule has 0 aliphatic carbocycles. The molecule has 1 rings (SSSR count). The van der Waals surface area contributed by atoms with Gasteiger partial charge in [-0.15, -0.1) is 6.58 Å². The molecular formula is C16H24O. The predicted octanol–water partition coefficient (Wildman–Crippen LogP) is 4.49. The van der Waals surface area contributed by atoms with E-state index < -0.39 is 6.10 Å². The second kappa shape index (κ2) is 8.08. The molecule has 0 fully saturated rings. The van der Waals surface area contributed by atoms with Gasteiger partial charge in [-0.1, -0.05) is 69.0 Å². The van der Waals surface area contributed by atoms with E-state index in [1.165, 1.54) is 25.7 Å². The first kappa shape index (κ1) is 14.0. The van der Waals surface area contributed by atoms with Crippen molar-refractivity contribution in [2.24, 2.45) is 5.92 Å². The summed E-state index contributed by atoms with van der Waals surface area (Å²) in [5, 5.41) is 10.3. The van der Waals surface area contributed by atoms with Gasteiger partial charge in [-0.3, -0.25) is 0 Å². The summed E-state index contributed by atoms with van der Waals surface area (Å²) >= 11 is 0. The lowest BCUT2D eigenvalue weighted by Gasteiger charge is -2.19. The maximum absolute atomic E-state index is 10.3. The number of benzene rings is 1. The molecule has 0 amide bonds. The molecule has 1 aromatic carbocycles. The molecule has 17 heavy (non-hydrogen) atoms. The number of hydrogen-bond donors (Lipinski definition) is 1. The van der Waals surface area contributed by atoms with Crippen molar-refractivity contribution in [2.75, 3.05) is 0 Å². The van der Waals surface area contributed by atoms with Crippen LogP contribution in [0.2, 0.25) is 0 Å². The Bertz CT molecular complexity index is 305. The Hall–Kier alpha value is -1.08. The predicted molar refractivity (Wildman–Crippen MR) is 73.8 cm³/mol. The molecule has 1 aromatic rings. The number of aliphatic hydroxyl groups is 1. The van der Waals surface area contributed by atoms with E-state index in [0.29, 0.717) is 0 Å². The van der Waals surface area contributed by atoms with Crippen molar-refractivity contribution in [1.82, 2.24) is 0 Å². The first-order valence-corrected chi connectivity index (χ1v) is 6.65. The smallest absolute Gasteiger partial charge is 0.0852 e. The van der Waals surface area contributed by atoms with Crippen LogP contribution in [0.15, 0.2) is 43.0 Å². The highest BCUT2D eigenvalue weighted by Gasteiger charge is 2.16. The van der Waals surface area contributed by atoms with Gasteiger partial charge in [0, 0.05) is 5.92 Å². The third-order valence-corrected chi connectivity index (χ3v) is 3.24. The van der Waals surface area contributed by atoms with Crippen molar-refractivity contribution in [3.8, 4) is 0 Å². The molecule has 1 heteroatoms. The average molecular weight is 232 g/mol. The number of hydrogen-bond acceptors (Lipinski definition) is 1. The summed E-state index contributed by atoms with van der Waals surface area (Å²) in [6, 6.07) is 9.87. The van der Waals surface area contributed by atoms with Crippen molar-refractivity contribution in [3.63, 3.8) is 0 Å². The Morgan fingerprint density at radius 3 is 2.47 bits per heavy atom. The van der Waals surface area contributed by atoms with Crippen LogP contribution < -0.4 is 0 Å². The zero-order valence-electron chi connectivity index (χ0n) is 10.8. The summed E-state index contributed by atoms with van der Waals surface area (Å²) in [6.07, 6.45) is 7.47. The van der Waals surface area contributed by atoms with E-state index in [1.807, 2.05) is 36.4 Å². The Kier molecular flexibility index (Phi) is 6.64. The second-order valence-corrected chi connectivity index (χ2v) is 4.60. The van der Waals surface area contributed by atoms with Gasteiger partial charge >= 0.3 is 0 Å². The van der Waals surface area contributed by atoms with Crippen LogP contribution >= 0.6 is 0 Å². The number of rotatable bonds is 8. The summed E-state index contributed by atoms with van der Waals surface area (Å²) in [6.45, 7) is 6.06. The van der Waals surface area contributed by atoms with Crippen LogP contribution in [0.1, 0.15) is 50.7 Å². The van der Waals surface area contributed by atoms with Crippen LogP contribution in [0.3, 0.4) is 0 Å². The minimum absolute atomic E-state index is 0.175. The average Bonchev–Trinajstić information content (AvgIpc) is 2.39. The standard InChI is InChI=1S/C16H24O/c1-3-5-6-8-11-14(4-2)16(17)15-12-9-7-10-13-15/h4,7,9-10,12-14,16-17H,2-3,5-6,8,11H2,1H3. The minimum Gasteiger partial charge on any atom is -0.388 e. The Balaban J connectivity index is 2.47. The fraction of sp³-hybridized carbons (Fsp3) is 0.500. The lowest BCUT2D eigenvalue weighted by molar-refractivity contribution is 0.125. The molecule has 0 radical (unpaired) electrons. The van der Waals surface area contributed by atoms with Crippen LogP contribution in [0, 0.1) is 5.92 Å². The van der Waals surface area contributed by atoms with Gasteiger partial charge < -0.3 is 5.11 Å². The third kappa shape index (κ3) is 4.74. The van der Waals surface area contributed by atoms with Gasteiger partial charge in [0.2, 0.25) is 0 Å². The zero-order valence-corrected chi connectivity index (χ0v) is 10.8. The summed E-state index contributed by atoms with van der Waals surface area (Å²) in [4.78, 5) is 0. The fourth-order valence-corrected chi connectivity index (χ4v) is 2.11. The Morgan fingerprint density at radius 2 is 1.88 bits per heavy atom. The van der Waals surface area contributed by atoms with Crippen LogP contribution in [-0.2, 0) is 0 Å². The van der Waals surface area contributed by atoms with E-state index in [4.69, 9.17) is 0 Å². The van der Waals surface area contributed by atoms with E-state index in [2.05, 4.69) is 13.5 Å². The van der Waals surface area contributed by atoms with Crippen molar-refractivity contribution in [1.29, 1.82) is 0 Å². The topological polar surface area (TPSA) is 20.2 Å². The van der Waals surface area contributed by atoms with Gasteiger partial charge in [-0.2, -0.15) is 0 Å². The summed E-state index contributed by atoms with van der Waals surface area (Å²) in [5.41, 5.74) is 0.993. The second-order valence-electron chi connectivity index (χ2n) is 4.60. The normalized spacial score (nSPS) is 14.2. The molecule has 0 aliphatic rings. The van der Waals surface area contributed by atoms with Gasteiger partial charge in [0.25, 0.3) is 0 Å². The summed E-state index contributed by atoms with van der Waals surface area (Å²) in [7, 11) is 0. The highest BCUT2D eigenvalue weighted by Crippen LogP contribution is 2.27. The van der Waals surface area contributed by atoms with Crippen molar-refractivity contribution in [2.45, 2.75) is 45.1 Å². The van der Waals surface area contributed by atoms with Crippen LogP contribution in [-0.4, -0.2) is 5.11 Å². The maximum atomic E-state index is 10.3. The minimum atomic E-state index is -0.407. The van der Waals surface area contributed by atoms with E-state index >= 15 is 0 Å². The Labute approximate surface area is 105 Å². The molecule has 0 aliphatic heterocycles. The molecule has 94 valence electrons. The van der Waals surface area contributed by atoms with E-state index in [1.54, 1.807) is 0 Å². The van der Waals surface area contributed by atoms with Crippen LogP contribution in [0.25, 0.3) is 0 Å². The highest BCUT2D eigenvalue weighted by atomic mass is 16.3. The van der Waals surface area contributed by atoms with E-state index in [-0.39, 0.29) is 5.92 Å². The van der Waals surface area contributed by atoms with Gasteiger partial charge in [0.05, 0.1) is 6.10 Å². The monoisotopic (exact) mass is 232 g/mol. The van der Waals surface area contributed by atoms with Crippen LogP contribution in [0.4, 0.5) is 0 Å². The molecule has 0 bridgehead atoms. The Morgan fingerprint density at radius 1 is 1.18 bits per heavy atom. The molecule has 0 heterocycles. The lowest BCUT2D eigenvalue weighted by atomic mass is 9.91. The molecular weight excluding hydrogens is 208 g/mol. The quantitative estimate of drug-likeness (QED) is 0.517. The molecule has 1 N–H and O–H groups in total. The molecule has 0 saturated heterocycles. The van der Waals surface area contributed by atoms with Crippen molar-refractivity contribution < 1.29 is 5.11 Å². The molecule has 0 aromatic heterocycles. The largest absolute Gasteiger partial charge is 0.388 e. The van der Waals surface area contributed by atoms with Gasteiger partial charge in [-0.05, 0) is 12.0 Å². The maximum Gasteiger partial charge on any atom is 0.0852 e. The molecule has 2 atom stereocenters. The highest BCUT2D eigenvalue weighted by molar-refractivity contribution is 5.19. The van der Waals surface area contributed by atoms with Crippen molar-refractivity contribution in [3.05, 3.63) is 48.6 Å². The molecule has 1 nitrogen and oxygen atoms in total. The van der Waals surface area contributed by atoms with Crippen molar-refractivity contribution >= 4 is 0 Å². The summed E-state index contributed by atoms with van der Waals surface area (Å²) < 4.78 is 0. The molecule has 0 spiro atoms. The van der Waals surface area contributed by atoms with E-state index in [0.717, 1.165) is 12.0 Å². The van der Waals surface area contributed by atoms with Gasteiger partial charge in [-0.25, -0.2) is 0 Å². The SMILES string of the molecule is C=CC(CCCCCC)C(O)c1ccccc1. The lowest BCUT2D eigenvalue weighted by Crippen LogP contribution is -2.10. The fourth-order valence-electron chi connectivity index (χ4n) is 2.11. The number of unbranched alkanes of at least 4 members (excludes halogenated alkanes) is 3. The zero-order chi connectivity index (χ0) is 12.5.